The number of carbonyl (C=O) groups excluding carboxylic acids is 1. The fourth-order valence-electron chi connectivity index (χ4n) is 4.09. The molecule has 0 unspecified atom stereocenters. The lowest BCUT2D eigenvalue weighted by Crippen LogP contribution is -2.33. The van der Waals surface area contributed by atoms with E-state index in [4.69, 9.17) is 0 Å². The predicted octanol–water partition coefficient (Wildman–Crippen LogP) is 5.71. The Kier molecular flexibility index (Phi) is 6.79. The van der Waals surface area contributed by atoms with Crippen LogP contribution < -0.4 is 5.32 Å². The molecule has 1 N–H and O–H groups in total. The highest BCUT2D eigenvalue weighted by Gasteiger charge is 2.17. The molecule has 2 atom stereocenters. The Morgan fingerprint density at radius 3 is 2.34 bits per heavy atom. The van der Waals surface area contributed by atoms with E-state index in [2.05, 4.69) is 74.3 Å². The molecule has 29 heavy (non-hydrogen) atoms. The predicted molar refractivity (Wildman–Crippen MR) is 121 cm³/mol. The van der Waals surface area contributed by atoms with Gasteiger partial charge < -0.3 is 5.32 Å². The second-order valence-electron chi connectivity index (χ2n) is 9.75. The molecule has 1 heterocycles. The molecule has 1 amide bonds. The van der Waals surface area contributed by atoms with Gasteiger partial charge in [-0.15, -0.1) is 0 Å². The Bertz CT molecular complexity index is 802. The van der Waals surface area contributed by atoms with Crippen LogP contribution in [0.2, 0.25) is 0 Å². The summed E-state index contributed by atoms with van der Waals surface area (Å²) in [5.41, 5.74) is 4.57. The number of likely N-dealkylation sites (tertiary alicyclic amines) is 1. The highest BCUT2D eigenvalue weighted by Crippen LogP contribution is 2.24. The standard InChI is InChI=1S/C26H36N2O/c1-19-7-6-16-28(17-19)18-21-8-10-23(11-9-21)25(29)27-20(2)22-12-14-24(15-13-22)26(3,4)5/h8-15,19-20H,6-7,16-18H2,1-5H3,(H,27,29)/t19-,20+/m0/s1. The van der Waals surface area contributed by atoms with Crippen molar-refractivity contribution >= 4 is 5.91 Å². The van der Waals surface area contributed by atoms with Gasteiger partial charge in [-0.2, -0.15) is 0 Å². The van der Waals surface area contributed by atoms with Gasteiger partial charge in [0.15, 0.2) is 0 Å². The molecule has 3 rings (SSSR count). The van der Waals surface area contributed by atoms with Gasteiger partial charge in [0.05, 0.1) is 6.04 Å². The van der Waals surface area contributed by atoms with Crippen LogP contribution in [0.15, 0.2) is 48.5 Å². The van der Waals surface area contributed by atoms with Crippen LogP contribution in [0.3, 0.4) is 0 Å². The Hall–Kier alpha value is -2.13. The minimum atomic E-state index is -0.0222. The summed E-state index contributed by atoms with van der Waals surface area (Å²) in [5, 5.41) is 3.13. The van der Waals surface area contributed by atoms with Gasteiger partial charge in [-0.25, -0.2) is 0 Å². The lowest BCUT2D eigenvalue weighted by molar-refractivity contribution is 0.0940. The molecule has 0 radical (unpaired) electrons. The normalized spacial score (nSPS) is 19.0. The van der Waals surface area contributed by atoms with Gasteiger partial charge in [0.25, 0.3) is 5.91 Å². The maximum absolute atomic E-state index is 12.7. The van der Waals surface area contributed by atoms with Gasteiger partial charge in [0, 0.05) is 18.7 Å². The molecule has 0 aliphatic carbocycles. The topological polar surface area (TPSA) is 32.3 Å². The molecule has 0 aromatic heterocycles. The summed E-state index contributed by atoms with van der Waals surface area (Å²) >= 11 is 0. The molecule has 1 saturated heterocycles. The molecule has 3 nitrogen and oxygen atoms in total. The zero-order chi connectivity index (χ0) is 21.0. The molecule has 156 valence electrons. The number of amides is 1. The van der Waals surface area contributed by atoms with Gasteiger partial charge in [-0.1, -0.05) is 64.1 Å². The number of carbonyl (C=O) groups is 1. The lowest BCUT2D eigenvalue weighted by atomic mass is 9.86. The number of benzene rings is 2. The van der Waals surface area contributed by atoms with Crippen LogP contribution in [0.5, 0.6) is 0 Å². The van der Waals surface area contributed by atoms with Crippen LogP contribution in [0.4, 0.5) is 0 Å². The Balaban J connectivity index is 1.57. The van der Waals surface area contributed by atoms with Crippen molar-refractivity contribution in [2.45, 2.75) is 65.5 Å². The fourth-order valence-corrected chi connectivity index (χ4v) is 4.09. The second-order valence-corrected chi connectivity index (χ2v) is 9.75. The minimum absolute atomic E-state index is 0.0180. The first kappa shape index (κ1) is 21.6. The summed E-state index contributed by atoms with van der Waals surface area (Å²) in [6.07, 6.45) is 2.63. The van der Waals surface area contributed by atoms with Gasteiger partial charge in [0.1, 0.15) is 0 Å². The first-order valence-corrected chi connectivity index (χ1v) is 10.9. The maximum atomic E-state index is 12.7. The van der Waals surface area contributed by atoms with Crippen molar-refractivity contribution in [2.24, 2.45) is 5.92 Å². The molecule has 2 aromatic rings. The largest absolute Gasteiger partial charge is 0.346 e. The van der Waals surface area contributed by atoms with E-state index < -0.39 is 0 Å². The molecule has 1 aliphatic heterocycles. The van der Waals surface area contributed by atoms with E-state index in [0.29, 0.717) is 0 Å². The second kappa shape index (κ2) is 9.13. The summed E-state index contributed by atoms with van der Waals surface area (Å²) in [5.74, 6) is 0.767. The van der Waals surface area contributed by atoms with E-state index in [1.807, 2.05) is 19.1 Å². The van der Waals surface area contributed by atoms with E-state index in [-0.39, 0.29) is 17.4 Å². The number of piperidine rings is 1. The van der Waals surface area contributed by atoms with E-state index in [9.17, 15) is 4.79 Å². The molecule has 0 saturated carbocycles. The molecule has 0 bridgehead atoms. The quantitative estimate of drug-likeness (QED) is 0.707. The SMILES string of the molecule is C[C@H]1CCCN(Cc2ccc(C(=O)N[C@H](C)c3ccc(C(C)(C)C)cc3)cc2)C1. The highest BCUT2D eigenvalue weighted by atomic mass is 16.1. The first-order valence-electron chi connectivity index (χ1n) is 10.9. The van der Waals surface area contributed by atoms with Gasteiger partial charge in [0.2, 0.25) is 0 Å². The summed E-state index contributed by atoms with van der Waals surface area (Å²) in [6.45, 7) is 14.3. The monoisotopic (exact) mass is 392 g/mol. The molecular formula is C26H36N2O. The van der Waals surface area contributed by atoms with Crippen LogP contribution >= 0.6 is 0 Å². The zero-order valence-electron chi connectivity index (χ0n) is 18.7. The van der Waals surface area contributed by atoms with Crippen molar-refractivity contribution < 1.29 is 4.79 Å². The van der Waals surface area contributed by atoms with Crippen molar-refractivity contribution in [1.29, 1.82) is 0 Å². The van der Waals surface area contributed by atoms with Gasteiger partial charge in [-0.05, 0) is 66.5 Å². The fraction of sp³-hybridized carbons (Fsp3) is 0.500. The number of hydrogen-bond acceptors (Lipinski definition) is 2. The molecule has 0 spiro atoms. The van der Waals surface area contributed by atoms with Crippen LogP contribution in [-0.4, -0.2) is 23.9 Å². The highest BCUT2D eigenvalue weighted by molar-refractivity contribution is 5.94. The number of nitrogens with one attached hydrogen (secondary N) is 1. The molecule has 2 aromatic carbocycles. The van der Waals surface area contributed by atoms with Crippen molar-refractivity contribution in [3.8, 4) is 0 Å². The van der Waals surface area contributed by atoms with Gasteiger partial charge >= 0.3 is 0 Å². The van der Waals surface area contributed by atoms with Crippen molar-refractivity contribution in [3.63, 3.8) is 0 Å². The smallest absolute Gasteiger partial charge is 0.251 e. The molecule has 1 aliphatic rings. The zero-order valence-corrected chi connectivity index (χ0v) is 18.7. The third-order valence-electron chi connectivity index (χ3n) is 5.99. The Morgan fingerprint density at radius 2 is 1.76 bits per heavy atom. The number of rotatable bonds is 5. The molecule has 3 heteroatoms. The van der Waals surface area contributed by atoms with Crippen molar-refractivity contribution in [1.82, 2.24) is 10.2 Å². The van der Waals surface area contributed by atoms with E-state index >= 15 is 0 Å². The first-order chi connectivity index (χ1) is 13.7. The van der Waals surface area contributed by atoms with E-state index in [1.165, 1.54) is 37.1 Å². The number of nitrogens with zero attached hydrogens (tertiary/aromatic N) is 1. The molecular weight excluding hydrogens is 356 g/mol. The van der Waals surface area contributed by atoms with Crippen LogP contribution in [-0.2, 0) is 12.0 Å². The van der Waals surface area contributed by atoms with Crippen molar-refractivity contribution in [2.75, 3.05) is 13.1 Å². The summed E-state index contributed by atoms with van der Waals surface area (Å²) in [7, 11) is 0. The van der Waals surface area contributed by atoms with E-state index in [1.54, 1.807) is 0 Å². The van der Waals surface area contributed by atoms with Crippen molar-refractivity contribution in [3.05, 3.63) is 70.8 Å². The Labute approximate surface area is 176 Å². The van der Waals surface area contributed by atoms with Gasteiger partial charge in [-0.3, -0.25) is 9.69 Å². The van der Waals surface area contributed by atoms with Crippen LogP contribution in [0, 0.1) is 5.92 Å². The lowest BCUT2D eigenvalue weighted by Gasteiger charge is -2.30. The minimum Gasteiger partial charge on any atom is -0.346 e. The Morgan fingerprint density at radius 1 is 1.10 bits per heavy atom. The third-order valence-corrected chi connectivity index (χ3v) is 5.99. The van der Waals surface area contributed by atoms with E-state index in [0.717, 1.165) is 23.6 Å². The maximum Gasteiger partial charge on any atom is 0.251 e. The summed E-state index contributed by atoms with van der Waals surface area (Å²) < 4.78 is 0. The number of hydrogen-bond donors (Lipinski definition) is 1. The van der Waals surface area contributed by atoms with Crippen LogP contribution in [0.25, 0.3) is 0 Å². The van der Waals surface area contributed by atoms with Crippen LogP contribution in [0.1, 0.15) is 80.6 Å². The third kappa shape index (κ3) is 5.93. The summed E-state index contributed by atoms with van der Waals surface area (Å²) in [4.78, 5) is 15.2. The average Bonchev–Trinajstić information content (AvgIpc) is 2.68. The molecule has 1 fully saturated rings. The summed E-state index contributed by atoms with van der Waals surface area (Å²) in [6, 6.07) is 16.6. The average molecular weight is 393 g/mol.